The highest BCUT2D eigenvalue weighted by Gasteiger charge is 2.02. The molecule has 0 saturated carbocycles. The summed E-state index contributed by atoms with van der Waals surface area (Å²) in [5, 5.41) is 5.47. The van der Waals surface area contributed by atoms with Gasteiger partial charge in [-0.05, 0) is 25.1 Å². The number of urea groups is 1. The van der Waals surface area contributed by atoms with E-state index in [1.165, 1.54) is 6.33 Å². The predicted molar refractivity (Wildman–Crippen MR) is 69.1 cm³/mol. The number of para-hydroxylation sites is 1. The number of hydrogen-bond acceptors (Lipinski definition) is 3. The van der Waals surface area contributed by atoms with Crippen LogP contribution in [-0.4, -0.2) is 16.0 Å². The van der Waals surface area contributed by atoms with Crippen LogP contribution in [0.1, 0.15) is 11.4 Å². The first-order valence-corrected chi connectivity index (χ1v) is 5.61. The number of anilines is 1. The molecule has 18 heavy (non-hydrogen) atoms. The second kappa shape index (κ2) is 5.77. The predicted octanol–water partition coefficient (Wildman–Crippen LogP) is 2.11. The van der Waals surface area contributed by atoms with Gasteiger partial charge in [0, 0.05) is 11.4 Å². The summed E-state index contributed by atoms with van der Waals surface area (Å²) in [4.78, 5) is 19.7. The molecule has 2 aromatic rings. The van der Waals surface area contributed by atoms with Crippen LogP contribution in [0.4, 0.5) is 10.5 Å². The molecular formula is C13H14N4O. The van der Waals surface area contributed by atoms with Gasteiger partial charge in [0.2, 0.25) is 0 Å². The average Bonchev–Trinajstić information content (AvgIpc) is 2.38. The van der Waals surface area contributed by atoms with Gasteiger partial charge in [0.25, 0.3) is 0 Å². The molecule has 1 heterocycles. The normalized spacial score (nSPS) is 9.83. The van der Waals surface area contributed by atoms with Crippen LogP contribution in [0.3, 0.4) is 0 Å². The number of amides is 2. The van der Waals surface area contributed by atoms with E-state index in [0.29, 0.717) is 6.54 Å². The van der Waals surface area contributed by atoms with Crippen molar-refractivity contribution in [2.45, 2.75) is 13.5 Å². The largest absolute Gasteiger partial charge is 0.332 e. The molecule has 2 rings (SSSR count). The summed E-state index contributed by atoms with van der Waals surface area (Å²) in [5.74, 6) is 0. The van der Waals surface area contributed by atoms with Crippen molar-refractivity contribution >= 4 is 11.7 Å². The Morgan fingerprint density at radius 2 is 2.00 bits per heavy atom. The van der Waals surface area contributed by atoms with E-state index in [0.717, 1.165) is 17.1 Å². The first-order valence-electron chi connectivity index (χ1n) is 5.61. The van der Waals surface area contributed by atoms with Gasteiger partial charge < -0.3 is 10.6 Å². The van der Waals surface area contributed by atoms with Crippen LogP contribution in [0, 0.1) is 6.92 Å². The standard InChI is InChI=1S/C13H14N4O/c1-10-7-12(16-9-15-10)8-14-13(18)17-11-5-3-2-4-6-11/h2-7,9H,8H2,1H3,(H2,14,17,18). The van der Waals surface area contributed by atoms with Gasteiger partial charge in [-0.3, -0.25) is 0 Å². The highest BCUT2D eigenvalue weighted by molar-refractivity contribution is 5.89. The van der Waals surface area contributed by atoms with Crippen molar-refractivity contribution in [3.05, 3.63) is 54.1 Å². The first-order chi connectivity index (χ1) is 8.74. The summed E-state index contributed by atoms with van der Waals surface area (Å²) in [7, 11) is 0. The van der Waals surface area contributed by atoms with Crippen LogP contribution < -0.4 is 10.6 Å². The van der Waals surface area contributed by atoms with Crippen molar-refractivity contribution in [2.75, 3.05) is 5.32 Å². The topological polar surface area (TPSA) is 66.9 Å². The Labute approximate surface area is 105 Å². The van der Waals surface area contributed by atoms with Gasteiger partial charge in [-0.25, -0.2) is 14.8 Å². The summed E-state index contributed by atoms with van der Waals surface area (Å²) >= 11 is 0. The lowest BCUT2D eigenvalue weighted by atomic mass is 10.3. The zero-order chi connectivity index (χ0) is 12.8. The quantitative estimate of drug-likeness (QED) is 0.866. The molecule has 0 saturated heterocycles. The molecule has 5 heteroatoms. The Balaban J connectivity index is 1.85. The molecule has 5 nitrogen and oxygen atoms in total. The molecule has 0 aliphatic heterocycles. The van der Waals surface area contributed by atoms with Crippen LogP contribution in [0.25, 0.3) is 0 Å². The molecule has 0 radical (unpaired) electrons. The highest BCUT2D eigenvalue weighted by atomic mass is 16.2. The van der Waals surface area contributed by atoms with Gasteiger partial charge in [-0.15, -0.1) is 0 Å². The number of carbonyl (C=O) groups is 1. The molecule has 0 bridgehead atoms. The monoisotopic (exact) mass is 242 g/mol. The molecule has 0 unspecified atom stereocenters. The third kappa shape index (κ3) is 3.55. The van der Waals surface area contributed by atoms with E-state index in [1.807, 2.05) is 43.3 Å². The number of aryl methyl sites for hydroxylation is 1. The Hall–Kier alpha value is -2.43. The van der Waals surface area contributed by atoms with Crippen molar-refractivity contribution in [1.82, 2.24) is 15.3 Å². The van der Waals surface area contributed by atoms with Gasteiger partial charge in [-0.2, -0.15) is 0 Å². The molecule has 1 aromatic carbocycles. The van der Waals surface area contributed by atoms with Crippen LogP contribution in [-0.2, 0) is 6.54 Å². The van der Waals surface area contributed by atoms with Crippen LogP contribution in [0.5, 0.6) is 0 Å². The van der Waals surface area contributed by atoms with Crippen LogP contribution >= 0.6 is 0 Å². The number of nitrogens with zero attached hydrogens (tertiary/aromatic N) is 2. The fourth-order valence-corrected chi connectivity index (χ4v) is 1.47. The Bertz CT molecular complexity index is 528. The fourth-order valence-electron chi connectivity index (χ4n) is 1.47. The number of carbonyl (C=O) groups excluding carboxylic acids is 1. The minimum Gasteiger partial charge on any atom is -0.332 e. The van der Waals surface area contributed by atoms with Crippen molar-refractivity contribution in [2.24, 2.45) is 0 Å². The molecule has 0 aliphatic carbocycles. The number of nitrogens with one attached hydrogen (secondary N) is 2. The van der Waals surface area contributed by atoms with E-state index in [4.69, 9.17) is 0 Å². The molecule has 0 aliphatic rings. The zero-order valence-electron chi connectivity index (χ0n) is 10.1. The second-order valence-electron chi connectivity index (χ2n) is 3.82. The van der Waals surface area contributed by atoms with Gasteiger partial charge in [-0.1, -0.05) is 18.2 Å². The lowest BCUT2D eigenvalue weighted by molar-refractivity contribution is 0.251. The van der Waals surface area contributed by atoms with E-state index in [-0.39, 0.29) is 6.03 Å². The third-order valence-electron chi connectivity index (χ3n) is 2.32. The molecule has 0 atom stereocenters. The fraction of sp³-hybridized carbons (Fsp3) is 0.154. The lowest BCUT2D eigenvalue weighted by Gasteiger charge is -2.07. The molecule has 1 aromatic heterocycles. The Kier molecular flexibility index (Phi) is 3.86. The maximum absolute atomic E-state index is 11.6. The van der Waals surface area contributed by atoms with Gasteiger partial charge in [0.15, 0.2) is 0 Å². The minimum atomic E-state index is -0.252. The Morgan fingerprint density at radius 3 is 2.72 bits per heavy atom. The van der Waals surface area contributed by atoms with E-state index in [2.05, 4.69) is 20.6 Å². The maximum atomic E-state index is 11.6. The maximum Gasteiger partial charge on any atom is 0.319 e. The summed E-state index contributed by atoms with van der Waals surface area (Å²) in [5.41, 5.74) is 2.42. The number of hydrogen-bond donors (Lipinski definition) is 2. The summed E-state index contributed by atoms with van der Waals surface area (Å²) < 4.78 is 0. The molecule has 92 valence electrons. The molecule has 0 spiro atoms. The summed E-state index contributed by atoms with van der Waals surface area (Å²) in [6.45, 7) is 2.26. The summed E-state index contributed by atoms with van der Waals surface area (Å²) in [6.07, 6.45) is 1.49. The molecule has 0 fully saturated rings. The van der Waals surface area contributed by atoms with E-state index in [1.54, 1.807) is 0 Å². The van der Waals surface area contributed by atoms with Crippen LogP contribution in [0.2, 0.25) is 0 Å². The van der Waals surface area contributed by atoms with Crippen molar-refractivity contribution in [1.29, 1.82) is 0 Å². The van der Waals surface area contributed by atoms with Crippen molar-refractivity contribution in [3.8, 4) is 0 Å². The average molecular weight is 242 g/mol. The molecule has 2 amide bonds. The van der Waals surface area contributed by atoms with Gasteiger partial charge in [0.05, 0.1) is 12.2 Å². The summed E-state index contributed by atoms with van der Waals surface area (Å²) in [6, 6.07) is 10.9. The van der Waals surface area contributed by atoms with Crippen molar-refractivity contribution < 1.29 is 4.79 Å². The highest BCUT2D eigenvalue weighted by Crippen LogP contribution is 2.04. The molecular weight excluding hydrogens is 228 g/mol. The smallest absolute Gasteiger partial charge is 0.319 e. The van der Waals surface area contributed by atoms with E-state index < -0.39 is 0 Å². The number of rotatable bonds is 3. The lowest BCUT2D eigenvalue weighted by Crippen LogP contribution is -2.28. The van der Waals surface area contributed by atoms with Gasteiger partial charge >= 0.3 is 6.03 Å². The zero-order valence-corrected chi connectivity index (χ0v) is 10.1. The minimum absolute atomic E-state index is 0.252. The number of benzene rings is 1. The Morgan fingerprint density at radius 1 is 1.22 bits per heavy atom. The van der Waals surface area contributed by atoms with E-state index in [9.17, 15) is 4.79 Å². The van der Waals surface area contributed by atoms with Gasteiger partial charge in [0.1, 0.15) is 6.33 Å². The SMILES string of the molecule is Cc1cc(CNC(=O)Nc2ccccc2)ncn1. The second-order valence-corrected chi connectivity index (χ2v) is 3.82. The van der Waals surface area contributed by atoms with Crippen LogP contribution in [0.15, 0.2) is 42.7 Å². The first kappa shape index (κ1) is 12.0. The van der Waals surface area contributed by atoms with E-state index >= 15 is 0 Å². The third-order valence-corrected chi connectivity index (χ3v) is 2.32. The number of aromatic nitrogens is 2. The molecule has 2 N–H and O–H groups in total. The van der Waals surface area contributed by atoms with Crippen molar-refractivity contribution in [3.63, 3.8) is 0 Å².